The van der Waals surface area contributed by atoms with E-state index in [1.165, 1.54) is 10.8 Å². The summed E-state index contributed by atoms with van der Waals surface area (Å²) in [6, 6.07) is 37.7. The molecule has 6 aromatic rings. The fourth-order valence-corrected chi connectivity index (χ4v) is 6.39. The molecule has 6 rings (SSSR count). The van der Waals surface area contributed by atoms with Crippen molar-refractivity contribution >= 4 is 72.3 Å². The van der Waals surface area contributed by atoms with Crippen molar-refractivity contribution in [2.45, 2.75) is 6.61 Å². The molecule has 0 bridgehead atoms. The molecule has 0 aliphatic heterocycles. The first-order chi connectivity index (χ1) is 20.0. The van der Waals surface area contributed by atoms with E-state index in [2.05, 4.69) is 79.4 Å². The number of pyridine rings is 1. The largest absolute Gasteiger partial charge is 0.487 e. The normalized spacial score (nSPS) is 11.3. The van der Waals surface area contributed by atoms with Crippen molar-refractivity contribution < 1.29 is 9.53 Å². The molecule has 0 aliphatic rings. The van der Waals surface area contributed by atoms with Crippen LogP contribution in [-0.2, 0) is 6.61 Å². The average Bonchev–Trinajstić information content (AvgIpc) is 3.00. The molecule has 41 heavy (non-hydrogen) atoms. The van der Waals surface area contributed by atoms with Gasteiger partial charge in [0.1, 0.15) is 12.4 Å². The van der Waals surface area contributed by atoms with Crippen LogP contribution in [0, 0.1) is 3.57 Å². The van der Waals surface area contributed by atoms with Gasteiger partial charge in [0.05, 0.1) is 31.0 Å². The number of hydrogen-bond donors (Lipinski definition) is 1. The highest BCUT2D eigenvalue weighted by Gasteiger charge is 2.14. The van der Waals surface area contributed by atoms with E-state index in [-0.39, 0.29) is 5.91 Å². The number of aromatic nitrogens is 1. The van der Waals surface area contributed by atoms with Crippen molar-refractivity contribution in [2.75, 3.05) is 0 Å². The first-order valence-corrected chi connectivity index (χ1v) is 14.8. The van der Waals surface area contributed by atoms with Crippen LogP contribution in [0.4, 0.5) is 0 Å². The fraction of sp³-hybridized carbons (Fsp3) is 0.0294. The number of carbonyl (C=O) groups excluding carboxylic acids is 1. The molecular formula is C34H23BrIN3O2. The van der Waals surface area contributed by atoms with Gasteiger partial charge in [-0.25, -0.2) is 10.4 Å². The third-order valence-electron chi connectivity index (χ3n) is 6.63. The second-order valence-electron chi connectivity index (χ2n) is 9.42. The number of benzene rings is 5. The lowest BCUT2D eigenvalue weighted by atomic mass is 10.0. The molecule has 5 nitrogen and oxygen atoms in total. The van der Waals surface area contributed by atoms with Crippen molar-refractivity contribution in [3.8, 4) is 17.0 Å². The van der Waals surface area contributed by atoms with Gasteiger partial charge in [0, 0.05) is 10.9 Å². The summed E-state index contributed by atoms with van der Waals surface area (Å²) >= 11 is 5.89. The van der Waals surface area contributed by atoms with Crippen molar-refractivity contribution in [1.29, 1.82) is 0 Å². The Morgan fingerprint density at radius 1 is 0.878 bits per heavy atom. The van der Waals surface area contributed by atoms with Crippen molar-refractivity contribution in [2.24, 2.45) is 5.10 Å². The number of hydrazone groups is 1. The molecule has 1 amide bonds. The maximum Gasteiger partial charge on any atom is 0.272 e. The summed E-state index contributed by atoms with van der Waals surface area (Å²) in [5.74, 6) is 0.456. The molecule has 0 atom stereocenters. The number of rotatable bonds is 7. The first kappa shape index (κ1) is 27.1. The maximum absolute atomic E-state index is 13.2. The Morgan fingerprint density at radius 3 is 2.46 bits per heavy atom. The van der Waals surface area contributed by atoms with Gasteiger partial charge in [-0.1, -0.05) is 84.9 Å². The number of amides is 1. The van der Waals surface area contributed by atoms with E-state index in [0.717, 1.165) is 47.1 Å². The number of hydrogen-bond acceptors (Lipinski definition) is 4. The van der Waals surface area contributed by atoms with Crippen molar-refractivity contribution in [1.82, 2.24) is 10.4 Å². The summed E-state index contributed by atoms with van der Waals surface area (Å²) in [6.07, 6.45) is 1.62. The molecule has 200 valence electrons. The van der Waals surface area contributed by atoms with Crippen LogP contribution in [0.1, 0.15) is 21.5 Å². The van der Waals surface area contributed by atoms with E-state index in [1.54, 1.807) is 6.21 Å². The van der Waals surface area contributed by atoms with Crippen LogP contribution in [0.15, 0.2) is 125 Å². The third kappa shape index (κ3) is 6.16. The number of fused-ring (bicyclic) bond motifs is 2. The quantitative estimate of drug-likeness (QED) is 0.102. The van der Waals surface area contributed by atoms with Gasteiger partial charge < -0.3 is 4.74 Å². The Labute approximate surface area is 259 Å². The van der Waals surface area contributed by atoms with E-state index in [4.69, 9.17) is 9.72 Å². The minimum absolute atomic E-state index is 0.305. The standard InChI is InChI=1S/C34H23BrIN3O2/c35-29-17-23(18-30(36)33(29)41-21-22-14-15-24-8-4-5-11-26(24)16-22)20-37-39-34(40)28-19-32(25-9-2-1-3-10-25)38-31-13-7-6-12-27(28)31/h1-20H,21H2,(H,39,40)/b37-20+. The molecule has 1 N–H and O–H groups in total. The molecule has 0 radical (unpaired) electrons. The van der Waals surface area contributed by atoms with Crippen molar-refractivity contribution in [3.63, 3.8) is 0 Å². The summed E-state index contributed by atoms with van der Waals surface area (Å²) in [7, 11) is 0. The highest BCUT2D eigenvalue weighted by molar-refractivity contribution is 14.1. The Morgan fingerprint density at radius 2 is 1.63 bits per heavy atom. The molecule has 0 unspecified atom stereocenters. The van der Waals surface area contributed by atoms with Crippen LogP contribution in [0.2, 0.25) is 0 Å². The zero-order chi connectivity index (χ0) is 28.2. The Balaban J connectivity index is 1.17. The second-order valence-corrected chi connectivity index (χ2v) is 11.4. The second kappa shape index (κ2) is 12.2. The molecule has 0 fully saturated rings. The number of halogens is 2. The Hall–Kier alpha value is -4.08. The first-order valence-electron chi connectivity index (χ1n) is 12.9. The topological polar surface area (TPSA) is 63.6 Å². The van der Waals surface area contributed by atoms with Gasteiger partial charge in [0.15, 0.2) is 0 Å². The zero-order valence-corrected chi connectivity index (χ0v) is 25.5. The van der Waals surface area contributed by atoms with E-state index in [1.807, 2.05) is 84.9 Å². The molecule has 0 spiro atoms. The lowest BCUT2D eigenvalue weighted by molar-refractivity contribution is 0.0956. The van der Waals surface area contributed by atoms with Crippen LogP contribution in [-0.4, -0.2) is 17.1 Å². The minimum atomic E-state index is -0.305. The smallest absolute Gasteiger partial charge is 0.272 e. The van der Waals surface area contributed by atoms with Crippen molar-refractivity contribution in [3.05, 3.63) is 140 Å². The molecule has 1 aromatic heterocycles. The number of nitrogens with one attached hydrogen (secondary N) is 1. The summed E-state index contributed by atoms with van der Waals surface area (Å²) in [6.45, 7) is 0.452. The number of para-hydroxylation sites is 1. The fourth-order valence-electron chi connectivity index (χ4n) is 4.62. The zero-order valence-electron chi connectivity index (χ0n) is 21.7. The van der Waals surface area contributed by atoms with Gasteiger partial charge in [-0.2, -0.15) is 5.10 Å². The lowest BCUT2D eigenvalue weighted by Gasteiger charge is -2.12. The third-order valence-corrected chi connectivity index (χ3v) is 8.02. The molecule has 5 aromatic carbocycles. The van der Waals surface area contributed by atoms with E-state index < -0.39 is 0 Å². The van der Waals surface area contributed by atoms with E-state index in [9.17, 15) is 4.79 Å². The summed E-state index contributed by atoms with van der Waals surface area (Å²) < 4.78 is 7.91. The molecule has 1 heterocycles. The molecule has 0 aliphatic carbocycles. The van der Waals surface area contributed by atoms with Gasteiger partial charge in [-0.05, 0) is 90.8 Å². The van der Waals surface area contributed by atoms with E-state index in [0.29, 0.717) is 12.2 Å². The molecular weight excluding hydrogens is 689 g/mol. The predicted molar refractivity (Wildman–Crippen MR) is 177 cm³/mol. The van der Waals surface area contributed by atoms with Crippen LogP contribution in [0.5, 0.6) is 5.75 Å². The molecule has 7 heteroatoms. The van der Waals surface area contributed by atoms with Gasteiger partial charge in [0.25, 0.3) is 5.91 Å². The summed E-state index contributed by atoms with van der Waals surface area (Å²) in [5, 5.41) is 7.41. The van der Waals surface area contributed by atoms with E-state index >= 15 is 0 Å². The summed E-state index contributed by atoms with van der Waals surface area (Å²) in [5.41, 5.74) is 7.55. The van der Waals surface area contributed by atoms with Crippen LogP contribution in [0.3, 0.4) is 0 Å². The molecule has 0 saturated carbocycles. The van der Waals surface area contributed by atoms with Crippen LogP contribution in [0.25, 0.3) is 32.9 Å². The SMILES string of the molecule is O=C(N/N=C/c1cc(Br)c(OCc2ccc3ccccc3c2)c(I)c1)c1cc(-c2ccccc2)nc2ccccc12. The Bertz CT molecular complexity index is 1900. The van der Waals surface area contributed by atoms with Crippen LogP contribution >= 0.6 is 38.5 Å². The molecule has 0 saturated heterocycles. The number of nitrogens with zero attached hydrogens (tertiary/aromatic N) is 2. The number of ether oxygens (including phenoxy) is 1. The van der Waals surface area contributed by atoms with Gasteiger partial charge >= 0.3 is 0 Å². The highest BCUT2D eigenvalue weighted by Crippen LogP contribution is 2.32. The monoisotopic (exact) mass is 711 g/mol. The van der Waals surface area contributed by atoms with Gasteiger partial charge in [-0.15, -0.1) is 0 Å². The Kier molecular flexibility index (Phi) is 8.07. The lowest BCUT2D eigenvalue weighted by Crippen LogP contribution is -2.18. The van der Waals surface area contributed by atoms with Gasteiger partial charge in [-0.3, -0.25) is 4.79 Å². The highest BCUT2D eigenvalue weighted by atomic mass is 127. The summed E-state index contributed by atoms with van der Waals surface area (Å²) in [4.78, 5) is 18.0. The minimum Gasteiger partial charge on any atom is -0.487 e. The predicted octanol–water partition coefficient (Wildman–Crippen LogP) is 8.76. The maximum atomic E-state index is 13.2. The number of carbonyl (C=O) groups is 1. The van der Waals surface area contributed by atoms with Crippen LogP contribution < -0.4 is 10.2 Å². The average molecular weight is 712 g/mol. The van der Waals surface area contributed by atoms with Gasteiger partial charge in [0.2, 0.25) is 0 Å².